The molecular formula is C14H25N5O2. The zero-order chi connectivity index (χ0) is 15.6. The van der Waals surface area contributed by atoms with Crippen LogP contribution in [0.5, 0.6) is 0 Å². The Hall–Kier alpha value is -1.63. The third-order valence-corrected chi connectivity index (χ3v) is 3.51. The highest BCUT2D eigenvalue weighted by Crippen LogP contribution is 2.36. The van der Waals surface area contributed by atoms with Crippen molar-refractivity contribution in [3.8, 4) is 0 Å². The predicted octanol–water partition coefficient (Wildman–Crippen LogP) is 1.77. The van der Waals surface area contributed by atoms with Crippen molar-refractivity contribution in [2.75, 3.05) is 6.54 Å². The quantitative estimate of drug-likeness (QED) is 0.882. The van der Waals surface area contributed by atoms with E-state index in [0.717, 1.165) is 18.5 Å². The molecule has 0 aliphatic heterocycles. The Kier molecular flexibility index (Phi) is 4.51. The molecule has 1 amide bonds. The number of nitrogens with one attached hydrogen (secondary N) is 1. The number of nitrogens with two attached hydrogens (primary N) is 1. The average molecular weight is 295 g/mol. The summed E-state index contributed by atoms with van der Waals surface area (Å²) in [5.41, 5.74) is 6.12. The van der Waals surface area contributed by atoms with Gasteiger partial charge in [0.2, 0.25) is 0 Å². The fraction of sp³-hybridized carbons (Fsp3) is 0.786. The summed E-state index contributed by atoms with van der Waals surface area (Å²) in [7, 11) is 0. The summed E-state index contributed by atoms with van der Waals surface area (Å²) < 4.78 is 7.08. The highest BCUT2D eigenvalue weighted by molar-refractivity contribution is 5.67. The summed E-state index contributed by atoms with van der Waals surface area (Å²) in [5.74, 6) is 0.463. The molecule has 1 aromatic heterocycles. The molecule has 1 heterocycles. The van der Waals surface area contributed by atoms with E-state index in [1.807, 2.05) is 38.6 Å². The summed E-state index contributed by atoms with van der Waals surface area (Å²) in [4.78, 5) is 11.6. The van der Waals surface area contributed by atoms with Crippen LogP contribution >= 0.6 is 0 Å². The Morgan fingerprint density at radius 2 is 2.24 bits per heavy atom. The van der Waals surface area contributed by atoms with E-state index in [9.17, 15) is 4.79 Å². The van der Waals surface area contributed by atoms with Crippen LogP contribution in [0.4, 0.5) is 4.79 Å². The minimum Gasteiger partial charge on any atom is -0.444 e. The van der Waals surface area contributed by atoms with Crippen molar-refractivity contribution in [2.45, 2.75) is 58.2 Å². The second-order valence-corrected chi connectivity index (χ2v) is 6.79. The average Bonchev–Trinajstić information content (AvgIpc) is 2.73. The van der Waals surface area contributed by atoms with Gasteiger partial charge >= 0.3 is 6.09 Å². The van der Waals surface area contributed by atoms with Crippen LogP contribution in [0.3, 0.4) is 0 Å². The van der Waals surface area contributed by atoms with Gasteiger partial charge in [0, 0.05) is 12.6 Å². The number of hydrogen-bond acceptors (Lipinski definition) is 5. The number of nitrogens with zero attached hydrogens (tertiary/aromatic N) is 3. The molecule has 21 heavy (non-hydrogen) atoms. The van der Waals surface area contributed by atoms with E-state index in [4.69, 9.17) is 10.5 Å². The molecule has 0 saturated heterocycles. The van der Waals surface area contributed by atoms with Crippen molar-refractivity contribution in [2.24, 2.45) is 11.7 Å². The molecular weight excluding hydrogens is 270 g/mol. The molecule has 1 saturated carbocycles. The van der Waals surface area contributed by atoms with Gasteiger partial charge in [0.15, 0.2) is 0 Å². The molecule has 1 unspecified atom stereocenters. The SMILES string of the molecule is CC(N)c1cn(C2CC(CNC(=O)OC(C)(C)C)C2)nn1. The van der Waals surface area contributed by atoms with E-state index in [-0.39, 0.29) is 12.1 Å². The molecule has 2 rings (SSSR count). The van der Waals surface area contributed by atoms with Crippen LogP contribution in [0.15, 0.2) is 6.20 Å². The molecule has 1 aliphatic carbocycles. The maximum atomic E-state index is 11.6. The van der Waals surface area contributed by atoms with Crippen LogP contribution in [-0.4, -0.2) is 33.2 Å². The maximum Gasteiger partial charge on any atom is 0.407 e. The lowest BCUT2D eigenvalue weighted by atomic mass is 9.80. The normalized spacial score (nSPS) is 23.3. The molecule has 1 aromatic rings. The molecule has 0 aromatic carbocycles. The van der Waals surface area contributed by atoms with Crippen molar-refractivity contribution in [1.29, 1.82) is 0 Å². The van der Waals surface area contributed by atoms with Gasteiger partial charge in [-0.1, -0.05) is 5.21 Å². The number of hydrogen-bond donors (Lipinski definition) is 2. The van der Waals surface area contributed by atoms with E-state index >= 15 is 0 Å². The van der Waals surface area contributed by atoms with Gasteiger partial charge in [-0.3, -0.25) is 0 Å². The van der Waals surface area contributed by atoms with E-state index < -0.39 is 5.60 Å². The monoisotopic (exact) mass is 295 g/mol. The molecule has 1 atom stereocenters. The number of aromatic nitrogens is 3. The van der Waals surface area contributed by atoms with Gasteiger partial charge < -0.3 is 15.8 Å². The van der Waals surface area contributed by atoms with Gasteiger partial charge in [0.25, 0.3) is 0 Å². The Bertz CT molecular complexity index is 486. The maximum absolute atomic E-state index is 11.6. The largest absolute Gasteiger partial charge is 0.444 e. The molecule has 7 nitrogen and oxygen atoms in total. The van der Waals surface area contributed by atoms with Gasteiger partial charge in [-0.2, -0.15) is 0 Å². The summed E-state index contributed by atoms with van der Waals surface area (Å²) in [6, 6.07) is 0.263. The standard InChI is InChI=1S/C14H25N5O2/c1-9(15)12-8-19(18-17-12)11-5-10(6-11)7-16-13(20)21-14(2,3)4/h8-11H,5-7,15H2,1-4H3,(H,16,20). The Labute approximate surface area is 125 Å². The lowest BCUT2D eigenvalue weighted by molar-refractivity contribution is 0.0497. The molecule has 118 valence electrons. The minimum atomic E-state index is -0.456. The van der Waals surface area contributed by atoms with Gasteiger partial charge in [-0.25, -0.2) is 9.48 Å². The summed E-state index contributed by atoms with van der Waals surface area (Å²) in [6.45, 7) is 8.09. The topological polar surface area (TPSA) is 95.1 Å². The molecule has 0 bridgehead atoms. The molecule has 0 radical (unpaired) electrons. The zero-order valence-corrected chi connectivity index (χ0v) is 13.2. The summed E-state index contributed by atoms with van der Waals surface area (Å²) in [6.07, 6.45) is 3.52. The van der Waals surface area contributed by atoms with Crippen molar-refractivity contribution in [3.63, 3.8) is 0 Å². The van der Waals surface area contributed by atoms with Crippen LogP contribution < -0.4 is 11.1 Å². The summed E-state index contributed by atoms with van der Waals surface area (Å²) in [5, 5.41) is 11.0. The Morgan fingerprint density at radius 1 is 1.57 bits per heavy atom. The van der Waals surface area contributed by atoms with Gasteiger partial charge in [-0.05, 0) is 46.5 Å². The van der Waals surface area contributed by atoms with E-state index in [1.54, 1.807) is 0 Å². The first kappa shape index (κ1) is 15.8. The first-order valence-electron chi connectivity index (χ1n) is 7.39. The van der Waals surface area contributed by atoms with Crippen molar-refractivity contribution < 1.29 is 9.53 Å². The third kappa shape index (κ3) is 4.42. The minimum absolute atomic E-state index is 0.0940. The van der Waals surface area contributed by atoms with Crippen LogP contribution in [0.25, 0.3) is 0 Å². The van der Waals surface area contributed by atoms with E-state index in [0.29, 0.717) is 18.5 Å². The molecule has 7 heteroatoms. The molecule has 1 fully saturated rings. The number of amides is 1. The molecule has 0 spiro atoms. The van der Waals surface area contributed by atoms with E-state index in [2.05, 4.69) is 15.6 Å². The number of alkyl carbamates (subject to hydrolysis) is 1. The highest BCUT2D eigenvalue weighted by atomic mass is 16.6. The van der Waals surface area contributed by atoms with Crippen molar-refractivity contribution >= 4 is 6.09 Å². The number of rotatable bonds is 4. The van der Waals surface area contributed by atoms with Gasteiger partial charge in [-0.15, -0.1) is 5.10 Å². The molecule has 3 N–H and O–H groups in total. The van der Waals surface area contributed by atoms with Gasteiger partial charge in [0.05, 0.1) is 17.9 Å². The lowest BCUT2D eigenvalue weighted by Gasteiger charge is -2.35. The van der Waals surface area contributed by atoms with Crippen molar-refractivity contribution in [3.05, 3.63) is 11.9 Å². The number of carbonyl (C=O) groups excluding carboxylic acids is 1. The highest BCUT2D eigenvalue weighted by Gasteiger charge is 2.32. The number of carbonyl (C=O) groups is 1. The zero-order valence-electron chi connectivity index (χ0n) is 13.2. The second-order valence-electron chi connectivity index (χ2n) is 6.79. The predicted molar refractivity (Wildman–Crippen MR) is 78.6 cm³/mol. The fourth-order valence-corrected chi connectivity index (χ4v) is 2.30. The second kappa shape index (κ2) is 6.01. The van der Waals surface area contributed by atoms with Crippen LogP contribution in [-0.2, 0) is 4.74 Å². The summed E-state index contributed by atoms with van der Waals surface area (Å²) >= 11 is 0. The fourth-order valence-electron chi connectivity index (χ4n) is 2.30. The Morgan fingerprint density at radius 3 is 2.76 bits per heavy atom. The van der Waals surface area contributed by atoms with Crippen LogP contribution in [0.1, 0.15) is 58.3 Å². The van der Waals surface area contributed by atoms with Crippen molar-refractivity contribution in [1.82, 2.24) is 20.3 Å². The van der Waals surface area contributed by atoms with Crippen LogP contribution in [0.2, 0.25) is 0 Å². The Balaban J connectivity index is 1.70. The lowest BCUT2D eigenvalue weighted by Crippen LogP contribution is -2.39. The number of ether oxygens (including phenoxy) is 1. The third-order valence-electron chi connectivity index (χ3n) is 3.51. The smallest absolute Gasteiger partial charge is 0.407 e. The first-order valence-corrected chi connectivity index (χ1v) is 7.39. The van der Waals surface area contributed by atoms with Gasteiger partial charge in [0.1, 0.15) is 5.60 Å². The first-order chi connectivity index (χ1) is 9.74. The van der Waals surface area contributed by atoms with Crippen LogP contribution in [0, 0.1) is 5.92 Å². The molecule has 1 aliphatic rings. The van der Waals surface area contributed by atoms with E-state index in [1.165, 1.54) is 0 Å².